The van der Waals surface area contributed by atoms with Crippen LogP contribution in [0.25, 0.3) is 0 Å². The highest BCUT2D eigenvalue weighted by Crippen LogP contribution is 2.23. The summed E-state index contributed by atoms with van der Waals surface area (Å²) >= 11 is 12.0. The Kier molecular flexibility index (Phi) is 5.99. The van der Waals surface area contributed by atoms with E-state index in [9.17, 15) is 9.59 Å². The minimum absolute atomic E-state index is 0.204. The second-order valence-corrected chi connectivity index (χ2v) is 7.63. The number of nitrogens with one attached hydrogen (secondary N) is 1. The van der Waals surface area contributed by atoms with Gasteiger partial charge in [0.15, 0.2) is 0 Å². The third-order valence-corrected chi connectivity index (χ3v) is 4.24. The van der Waals surface area contributed by atoms with Crippen LogP contribution in [0, 0.1) is 0 Å². The van der Waals surface area contributed by atoms with Gasteiger partial charge >= 0.3 is 6.09 Å². The maximum Gasteiger partial charge on any atom is 0.410 e. The lowest BCUT2D eigenvalue weighted by molar-refractivity contribution is -0.125. The molecule has 0 radical (unpaired) electrons. The number of nitrogens with zero attached hydrogens (tertiary/aromatic N) is 1. The number of likely N-dealkylation sites (tertiary alicyclic amines) is 1. The molecule has 7 heteroatoms. The Morgan fingerprint density at radius 2 is 2.04 bits per heavy atom. The molecule has 1 aliphatic rings. The average molecular weight is 373 g/mol. The van der Waals surface area contributed by atoms with Crippen LogP contribution in [0.4, 0.5) is 4.79 Å². The summed E-state index contributed by atoms with van der Waals surface area (Å²) in [5, 5.41) is 3.87. The maximum atomic E-state index is 12.4. The first-order valence-electron chi connectivity index (χ1n) is 7.88. The molecule has 24 heavy (non-hydrogen) atoms. The highest BCUT2D eigenvalue weighted by molar-refractivity contribution is 6.35. The van der Waals surface area contributed by atoms with Gasteiger partial charge in [0.2, 0.25) is 5.91 Å². The molecule has 0 bridgehead atoms. The van der Waals surface area contributed by atoms with Gasteiger partial charge in [-0.2, -0.15) is 0 Å². The number of hydrogen-bond acceptors (Lipinski definition) is 3. The summed E-state index contributed by atoms with van der Waals surface area (Å²) < 4.78 is 5.37. The molecule has 1 aromatic carbocycles. The highest BCUT2D eigenvalue weighted by atomic mass is 35.5. The summed E-state index contributed by atoms with van der Waals surface area (Å²) in [4.78, 5) is 26.2. The van der Waals surface area contributed by atoms with Crippen LogP contribution >= 0.6 is 23.2 Å². The van der Waals surface area contributed by atoms with Crippen molar-refractivity contribution in [3.63, 3.8) is 0 Å². The fourth-order valence-corrected chi connectivity index (χ4v) is 3.02. The molecule has 0 saturated carbocycles. The lowest BCUT2D eigenvalue weighted by atomic mass is 10.2. The van der Waals surface area contributed by atoms with Gasteiger partial charge in [0.1, 0.15) is 11.6 Å². The fraction of sp³-hybridized carbons (Fsp3) is 0.529. The molecule has 0 aromatic heterocycles. The second kappa shape index (κ2) is 7.62. The van der Waals surface area contributed by atoms with Gasteiger partial charge in [-0.05, 0) is 51.3 Å². The van der Waals surface area contributed by atoms with E-state index in [-0.39, 0.29) is 12.5 Å². The van der Waals surface area contributed by atoms with E-state index in [0.717, 1.165) is 12.0 Å². The van der Waals surface area contributed by atoms with Crippen LogP contribution in [0.15, 0.2) is 18.2 Å². The minimum atomic E-state index is -0.586. The Bertz CT molecular complexity index is 629. The van der Waals surface area contributed by atoms with Gasteiger partial charge in [-0.15, -0.1) is 0 Å². The van der Waals surface area contributed by atoms with Crippen LogP contribution in [-0.2, 0) is 16.1 Å². The highest BCUT2D eigenvalue weighted by Gasteiger charge is 2.36. The summed E-state index contributed by atoms with van der Waals surface area (Å²) in [7, 11) is 0. The number of rotatable bonds is 3. The monoisotopic (exact) mass is 372 g/mol. The van der Waals surface area contributed by atoms with Crippen molar-refractivity contribution in [3.05, 3.63) is 33.8 Å². The largest absolute Gasteiger partial charge is 0.444 e. The Morgan fingerprint density at radius 1 is 1.33 bits per heavy atom. The SMILES string of the molecule is CC(C)(C)OC(=O)N1CCC[C@H]1C(=O)NCc1ccc(Cl)cc1Cl. The molecule has 0 spiro atoms. The number of amides is 2. The number of carbonyl (C=O) groups excluding carboxylic acids is 2. The van der Waals surface area contributed by atoms with Crippen molar-refractivity contribution in [1.82, 2.24) is 10.2 Å². The Morgan fingerprint density at radius 3 is 2.67 bits per heavy atom. The van der Waals surface area contributed by atoms with Crippen LogP contribution < -0.4 is 5.32 Å². The van der Waals surface area contributed by atoms with Crippen LogP contribution in [0.2, 0.25) is 10.0 Å². The van der Waals surface area contributed by atoms with Crippen molar-refractivity contribution in [1.29, 1.82) is 0 Å². The summed E-state index contributed by atoms with van der Waals surface area (Å²) in [5.41, 5.74) is 0.189. The van der Waals surface area contributed by atoms with E-state index < -0.39 is 17.7 Å². The molecule has 1 fully saturated rings. The Balaban J connectivity index is 1.96. The smallest absolute Gasteiger partial charge is 0.410 e. The quantitative estimate of drug-likeness (QED) is 0.871. The van der Waals surface area contributed by atoms with E-state index in [2.05, 4.69) is 5.32 Å². The summed E-state index contributed by atoms with van der Waals surface area (Å²) in [6.07, 6.45) is 0.947. The van der Waals surface area contributed by atoms with Gasteiger partial charge in [0, 0.05) is 23.1 Å². The first-order valence-corrected chi connectivity index (χ1v) is 8.64. The number of ether oxygens (including phenoxy) is 1. The number of hydrogen-bond donors (Lipinski definition) is 1. The van der Waals surface area contributed by atoms with E-state index in [1.165, 1.54) is 4.90 Å². The van der Waals surface area contributed by atoms with Crippen molar-refractivity contribution in [2.45, 2.75) is 51.8 Å². The zero-order valence-electron chi connectivity index (χ0n) is 14.1. The standard InChI is InChI=1S/C17H22Cl2N2O3/c1-17(2,3)24-16(23)21-8-4-5-14(21)15(22)20-10-11-6-7-12(18)9-13(11)19/h6-7,9,14H,4-5,8,10H2,1-3H3,(H,20,22)/t14-/m0/s1. The lowest BCUT2D eigenvalue weighted by Gasteiger charge is -2.28. The molecule has 0 aliphatic carbocycles. The fourth-order valence-electron chi connectivity index (χ4n) is 2.54. The van der Waals surface area contributed by atoms with Crippen molar-refractivity contribution < 1.29 is 14.3 Å². The Hall–Kier alpha value is -1.46. The van der Waals surface area contributed by atoms with Crippen LogP contribution in [-0.4, -0.2) is 35.1 Å². The molecule has 2 rings (SSSR count). The van der Waals surface area contributed by atoms with Crippen molar-refractivity contribution in [3.8, 4) is 0 Å². The van der Waals surface area contributed by atoms with Crippen LogP contribution in [0.5, 0.6) is 0 Å². The third kappa shape index (κ3) is 5.02. The van der Waals surface area contributed by atoms with Gasteiger partial charge < -0.3 is 10.1 Å². The predicted octanol–water partition coefficient (Wildman–Crippen LogP) is 4.01. The zero-order valence-corrected chi connectivity index (χ0v) is 15.6. The average Bonchev–Trinajstić information content (AvgIpc) is 2.93. The van der Waals surface area contributed by atoms with Crippen molar-refractivity contribution in [2.24, 2.45) is 0 Å². The first kappa shape index (κ1) is 18.9. The molecule has 2 amide bonds. The lowest BCUT2D eigenvalue weighted by Crippen LogP contribution is -2.47. The molecule has 1 atom stereocenters. The molecule has 132 valence electrons. The van der Waals surface area contributed by atoms with E-state index in [0.29, 0.717) is 23.0 Å². The molecular formula is C17H22Cl2N2O3. The summed E-state index contributed by atoms with van der Waals surface area (Å²) in [5.74, 6) is -0.204. The Labute approximate surface area is 152 Å². The molecule has 1 aliphatic heterocycles. The van der Waals surface area contributed by atoms with E-state index in [4.69, 9.17) is 27.9 Å². The van der Waals surface area contributed by atoms with Gasteiger partial charge in [0.05, 0.1) is 0 Å². The predicted molar refractivity (Wildman–Crippen MR) is 94.3 cm³/mol. The van der Waals surface area contributed by atoms with Gasteiger partial charge in [-0.3, -0.25) is 9.69 Å². The van der Waals surface area contributed by atoms with Crippen molar-refractivity contribution in [2.75, 3.05) is 6.54 Å². The molecule has 1 aromatic rings. The third-order valence-electron chi connectivity index (χ3n) is 3.65. The van der Waals surface area contributed by atoms with Crippen LogP contribution in [0.3, 0.4) is 0 Å². The number of halogens is 2. The maximum absolute atomic E-state index is 12.4. The van der Waals surface area contributed by atoms with Gasteiger partial charge in [-0.25, -0.2) is 4.79 Å². The van der Waals surface area contributed by atoms with Crippen molar-refractivity contribution >= 4 is 35.2 Å². The van der Waals surface area contributed by atoms with E-state index in [1.54, 1.807) is 39.0 Å². The van der Waals surface area contributed by atoms with Gasteiger partial charge in [0.25, 0.3) is 0 Å². The minimum Gasteiger partial charge on any atom is -0.444 e. The van der Waals surface area contributed by atoms with Gasteiger partial charge in [-0.1, -0.05) is 29.3 Å². The molecule has 1 N–H and O–H groups in total. The van der Waals surface area contributed by atoms with Crippen LogP contribution in [0.1, 0.15) is 39.2 Å². The number of benzene rings is 1. The second-order valence-electron chi connectivity index (χ2n) is 6.79. The molecule has 1 heterocycles. The molecule has 1 saturated heterocycles. The molecule has 5 nitrogen and oxygen atoms in total. The molecule has 0 unspecified atom stereocenters. The van der Waals surface area contributed by atoms with E-state index >= 15 is 0 Å². The summed E-state index contributed by atoms with van der Waals surface area (Å²) in [6, 6.07) is 4.61. The summed E-state index contributed by atoms with van der Waals surface area (Å²) in [6.45, 7) is 6.22. The zero-order chi connectivity index (χ0) is 17.9. The molecular weight excluding hydrogens is 351 g/mol. The number of carbonyl (C=O) groups is 2. The first-order chi connectivity index (χ1) is 11.2. The normalized spacial score (nSPS) is 17.7. The van der Waals surface area contributed by atoms with E-state index in [1.807, 2.05) is 0 Å². The topological polar surface area (TPSA) is 58.6 Å².